The largest absolute Gasteiger partial charge is 0.489 e. The van der Waals surface area contributed by atoms with Crippen LogP contribution in [-0.2, 0) is 6.61 Å². The number of halogens is 1. The molecule has 0 saturated heterocycles. The van der Waals surface area contributed by atoms with Gasteiger partial charge in [0.15, 0.2) is 17.2 Å². The number of nitro groups is 1. The molecule has 6 nitrogen and oxygen atoms in total. The highest BCUT2D eigenvalue weighted by Crippen LogP contribution is 2.38. The number of rotatable bonds is 4. The van der Waals surface area contributed by atoms with E-state index in [0.717, 1.165) is 12.0 Å². The van der Waals surface area contributed by atoms with Gasteiger partial charge in [0, 0.05) is 12.5 Å². The van der Waals surface area contributed by atoms with Crippen LogP contribution in [0.25, 0.3) is 0 Å². The Bertz CT molecular complexity index is 734. The van der Waals surface area contributed by atoms with Crippen LogP contribution in [0, 0.1) is 10.1 Å². The summed E-state index contributed by atoms with van der Waals surface area (Å²) in [7, 11) is 0. The van der Waals surface area contributed by atoms with Crippen molar-refractivity contribution in [3.8, 4) is 17.2 Å². The molecule has 7 heteroatoms. The Kier molecular flexibility index (Phi) is 4.52. The van der Waals surface area contributed by atoms with Crippen LogP contribution in [0.15, 0.2) is 36.4 Å². The number of ether oxygens (including phenoxy) is 3. The van der Waals surface area contributed by atoms with Gasteiger partial charge in [-0.25, -0.2) is 0 Å². The van der Waals surface area contributed by atoms with Crippen LogP contribution in [-0.4, -0.2) is 18.1 Å². The van der Waals surface area contributed by atoms with E-state index in [1.54, 1.807) is 30.3 Å². The zero-order valence-electron chi connectivity index (χ0n) is 12.2. The third-order valence-electron chi connectivity index (χ3n) is 3.32. The summed E-state index contributed by atoms with van der Waals surface area (Å²) >= 11 is 6.21. The van der Waals surface area contributed by atoms with Gasteiger partial charge in [0.05, 0.1) is 23.2 Å². The average molecular weight is 336 g/mol. The summed E-state index contributed by atoms with van der Waals surface area (Å²) in [6, 6.07) is 9.73. The monoisotopic (exact) mass is 335 g/mol. The minimum atomic E-state index is -0.476. The standard InChI is InChI=1S/C16H14ClNO5/c17-12-8-11(9-15-16(12)22-7-3-6-21-15)10-23-14-5-2-1-4-13(14)18(19)20/h1-2,4-5,8-9H,3,6-7,10H2. The molecule has 0 atom stereocenters. The molecule has 0 fully saturated rings. The predicted molar refractivity (Wildman–Crippen MR) is 84.5 cm³/mol. The fourth-order valence-corrected chi connectivity index (χ4v) is 2.55. The summed E-state index contributed by atoms with van der Waals surface area (Å²) in [6.45, 7) is 1.25. The molecule has 0 unspecified atom stereocenters. The summed E-state index contributed by atoms with van der Waals surface area (Å²) in [4.78, 5) is 10.5. The fraction of sp³-hybridized carbons (Fsp3) is 0.250. The minimum absolute atomic E-state index is 0.0760. The molecule has 0 amide bonds. The highest BCUT2D eigenvalue weighted by Gasteiger charge is 2.17. The third-order valence-corrected chi connectivity index (χ3v) is 3.60. The van der Waals surface area contributed by atoms with E-state index in [-0.39, 0.29) is 18.0 Å². The molecule has 2 aromatic rings. The number of nitro benzene ring substituents is 1. The van der Waals surface area contributed by atoms with Gasteiger partial charge in [-0.2, -0.15) is 0 Å². The number of hydrogen-bond acceptors (Lipinski definition) is 5. The number of para-hydroxylation sites is 2. The molecule has 0 aromatic heterocycles. The topological polar surface area (TPSA) is 70.8 Å². The molecule has 0 aliphatic carbocycles. The molecule has 1 heterocycles. The molecule has 1 aliphatic rings. The van der Waals surface area contributed by atoms with Crippen molar-refractivity contribution in [2.24, 2.45) is 0 Å². The summed E-state index contributed by atoms with van der Waals surface area (Å²) < 4.78 is 16.7. The van der Waals surface area contributed by atoms with E-state index >= 15 is 0 Å². The molecule has 2 aromatic carbocycles. The lowest BCUT2D eigenvalue weighted by Gasteiger charge is -2.12. The van der Waals surface area contributed by atoms with Gasteiger partial charge in [0.1, 0.15) is 6.61 Å². The average Bonchev–Trinajstić information content (AvgIpc) is 2.79. The Morgan fingerprint density at radius 2 is 2.00 bits per heavy atom. The Morgan fingerprint density at radius 1 is 1.22 bits per heavy atom. The molecule has 120 valence electrons. The second-order valence-electron chi connectivity index (χ2n) is 4.97. The van der Waals surface area contributed by atoms with Crippen LogP contribution >= 0.6 is 11.6 Å². The Morgan fingerprint density at radius 3 is 2.83 bits per heavy atom. The van der Waals surface area contributed by atoms with Crippen LogP contribution in [0.4, 0.5) is 5.69 Å². The minimum Gasteiger partial charge on any atom is -0.489 e. The van der Waals surface area contributed by atoms with E-state index in [4.69, 9.17) is 25.8 Å². The third kappa shape index (κ3) is 3.48. The maximum absolute atomic E-state index is 11.0. The van der Waals surface area contributed by atoms with Gasteiger partial charge in [0.25, 0.3) is 0 Å². The zero-order chi connectivity index (χ0) is 16.2. The predicted octanol–water partition coefficient (Wildman–Crippen LogP) is 3.99. The van der Waals surface area contributed by atoms with Gasteiger partial charge >= 0.3 is 5.69 Å². The van der Waals surface area contributed by atoms with Crippen LogP contribution in [0.3, 0.4) is 0 Å². The van der Waals surface area contributed by atoms with Crippen molar-refractivity contribution in [3.63, 3.8) is 0 Å². The van der Waals surface area contributed by atoms with E-state index in [9.17, 15) is 10.1 Å². The highest BCUT2D eigenvalue weighted by molar-refractivity contribution is 6.32. The Balaban J connectivity index is 1.80. The van der Waals surface area contributed by atoms with Crippen molar-refractivity contribution in [2.45, 2.75) is 13.0 Å². The molecule has 0 N–H and O–H groups in total. The van der Waals surface area contributed by atoms with Gasteiger partial charge in [-0.3, -0.25) is 10.1 Å². The molecule has 3 rings (SSSR count). The summed E-state index contributed by atoms with van der Waals surface area (Å²) in [5, 5.41) is 11.4. The quantitative estimate of drug-likeness (QED) is 0.624. The lowest BCUT2D eigenvalue weighted by molar-refractivity contribution is -0.385. The van der Waals surface area contributed by atoms with E-state index in [1.807, 2.05) is 0 Å². The van der Waals surface area contributed by atoms with Crippen LogP contribution in [0.2, 0.25) is 5.02 Å². The van der Waals surface area contributed by atoms with E-state index in [2.05, 4.69) is 0 Å². The Hall–Kier alpha value is -2.47. The molecule has 0 spiro atoms. The van der Waals surface area contributed by atoms with Gasteiger partial charge in [-0.05, 0) is 23.8 Å². The van der Waals surface area contributed by atoms with Crippen molar-refractivity contribution in [1.82, 2.24) is 0 Å². The maximum atomic E-state index is 11.0. The highest BCUT2D eigenvalue weighted by atomic mass is 35.5. The van der Waals surface area contributed by atoms with Crippen molar-refractivity contribution in [1.29, 1.82) is 0 Å². The molecule has 0 radical (unpaired) electrons. The molecule has 0 saturated carbocycles. The molecule has 23 heavy (non-hydrogen) atoms. The Labute approximate surface area is 137 Å². The molecule has 0 bridgehead atoms. The maximum Gasteiger partial charge on any atom is 0.310 e. The first kappa shape index (κ1) is 15.4. The van der Waals surface area contributed by atoms with Crippen molar-refractivity contribution < 1.29 is 19.1 Å². The lowest BCUT2D eigenvalue weighted by atomic mass is 10.2. The van der Waals surface area contributed by atoms with Crippen LogP contribution in [0.5, 0.6) is 17.2 Å². The smallest absolute Gasteiger partial charge is 0.310 e. The summed E-state index contributed by atoms with van der Waals surface area (Å²) in [6.07, 6.45) is 0.785. The second kappa shape index (κ2) is 6.75. The first-order valence-electron chi connectivity index (χ1n) is 7.09. The molecular formula is C16H14ClNO5. The van der Waals surface area contributed by atoms with E-state index < -0.39 is 4.92 Å². The first-order chi connectivity index (χ1) is 11.1. The summed E-state index contributed by atoms with van der Waals surface area (Å²) in [5.41, 5.74) is 0.672. The molecular weight excluding hydrogens is 322 g/mol. The lowest BCUT2D eigenvalue weighted by Crippen LogP contribution is -2.00. The zero-order valence-corrected chi connectivity index (χ0v) is 12.9. The SMILES string of the molecule is O=[N+]([O-])c1ccccc1OCc1cc(Cl)c2c(c1)OCCCO2. The fourth-order valence-electron chi connectivity index (χ4n) is 2.26. The first-order valence-corrected chi connectivity index (χ1v) is 7.47. The van der Waals surface area contributed by atoms with Crippen LogP contribution < -0.4 is 14.2 Å². The number of hydrogen-bond donors (Lipinski definition) is 0. The van der Waals surface area contributed by atoms with Crippen molar-refractivity contribution >= 4 is 17.3 Å². The van der Waals surface area contributed by atoms with Crippen LogP contribution in [0.1, 0.15) is 12.0 Å². The number of fused-ring (bicyclic) bond motifs is 1. The van der Waals surface area contributed by atoms with E-state index in [0.29, 0.717) is 29.7 Å². The molecule has 1 aliphatic heterocycles. The number of nitrogens with zero attached hydrogens (tertiary/aromatic N) is 1. The van der Waals surface area contributed by atoms with Gasteiger partial charge < -0.3 is 14.2 Å². The normalized spacial score (nSPS) is 13.3. The van der Waals surface area contributed by atoms with E-state index in [1.165, 1.54) is 6.07 Å². The van der Waals surface area contributed by atoms with Crippen molar-refractivity contribution in [3.05, 3.63) is 57.1 Å². The summed E-state index contributed by atoms with van der Waals surface area (Å²) in [5.74, 6) is 1.30. The van der Waals surface area contributed by atoms with Gasteiger partial charge in [-0.15, -0.1) is 0 Å². The van der Waals surface area contributed by atoms with Crippen molar-refractivity contribution in [2.75, 3.05) is 13.2 Å². The number of benzene rings is 2. The second-order valence-corrected chi connectivity index (χ2v) is 5.38. The van der Waals surface area contributed by atoms with Gasteiger partial charge in [-0.1, -0.05) is 23.7 Å². The van der Waals surface area contributed by atoms with Gasteiger partial charge in [0.2, 0.25) is 0 Å².